The van der Waals surface area contributed by atoms with Crippen LogP contribution in [0.3, 0.4) is 0 Å². The number of hydrazone groups is 1. The van der Waals surface area contributed by atoms with Crippen molar-refractivity contribution in [2.45, 2.75) is 25.7 Å². The van der Waals surface area contributed by atoms with Gasteiger partial charge in [-0.15, -0.1) is 0 Å². The Morgan fingerprint density at radius 3 is 2.55 bits per heavy atom. The van der Waals surface area contributed by atoms with E-state index in [2.05, 4.69) is 9.93 Å². The van der Waals surface area contributed by atoms with Crippen LogP contribution >= 0.6 is 0 Å². The molecule has 0 aliphatic heterocycles. The zero-order valence-electron chi connectivity index (χ0n) is 11.5. The third-order valence-electron chi connectivity index (χ3n) is 2.76. The minimum atomic E-state index is -3.67. The highest BCUT2D eigenvalue weighted by atomic mass is 32.2. The first-order valence-electron chi connectivity index (χ1n) is 6.07. The fourth-order valence-electron chi connectivity index (χ4n) is 1.73. The fourth-order valence-corrected chi connectivity index (χ4v) is 2.85. The molecule has 0 aliphatic rings. The molecular formula is C14H16N2O3S. The molecule has 0 saturated carbocycles. The average molecular weight is 292 g/mol. The van der Waals surface area contributed by atoms with Crippen LogP contribution in [0, 0.1) is 20.8 Å². The predicted molar refractivity (Wildman–Crippen MR) is 77.3 cm³/mol. The van der Waals surface area contributed by atoms with Crippen molar-refractivity contribution in [1.82, 2.24) is 4.83 Å². The average Bonchev–Trinajstić information content (AvgIpc) is 2.78. The number of nitrogens with zero attached hydrogens (tertiary/aromatic N) is 1. The maximum atomic E-state index is 12.1. The molecule has 0 spiro atoms. The summed E-state index contributed by atoms with van der Waals surface area (Å²) >= 11 is 0. The molecule has 0 fully saturated rings. The Kier molecular flexibility index (Phi) is 3.94. The molecule has 1 aromatic heterocycles. The minimum absolute atomic E-state index is 0.227. The van der Waals surface area contributed by atoms with Crippen molar-refractivity contribution < 1.29 is 12.8 Å². The Bertz CT molecular complexity index is 746. The lowest BCUT2D eigenvalue weighted by molar-refractivity contribution is 0.527. The zero-order chi connectivity index (χ0) is 14.8. The van der Waals surface area contributed by atoms with Crippen LogP contribution in [0.5, 0.6) is 0 Å². The monoisotopic (exact) mass is 292 g/mol. The molecule has 0 unspecified atom stereocenters. The number of furan rings is 1. The van der Waals surface area contributed by atoms with E-state index < -0.39 is 10.0 Å². The van der Waals surface area contributed by atoms with Gasteiger partial charge in [0.05, 0.1) is 11.1 Å². The molecular weight excluding hydrogens is 276 g/mol. The molecule has 0 saturated heterocycles. The maximum absolute atomic E-state index is 12.1. The van der Waals surface area contributed by atoms with Gasteiger partial charge in [-0.3, -0.25) is 0 Å². The second-order valence-electron chi connectivity index (χ2n) is 4.57. The van der Waals surface area contributed by atoms with E-state index in [9.17, 15) is 8.42 Å². The van der Waals surface area contributed by atoms with Gasteiger partial charge in [0.1, 0.15) is 11.5 Å². The minimum Gasteiger partial charge on any atom is -0.460 e. The van der Waals surface area contributed by atoms with Crippen LogP contribution < -0.4 is 4.83 Å². The lowest BCUT2D eigenvalue weighted by Gasteiger charge is -2.07. The van der Waals surface area contributed by atoms with Gasteiger partial charge in [0.15, 0.2) is 0 Å². The zero-order valence-corrected chi connectivity index (χ0v) is 12.4. The smallest absolute Gasteiger partial charge is 0.276 e. The molecule has 1 N–H and O–H groups in total. The highest BCUT2D eigenvalue weighted by Crippen LogP contribution is 2.16. The Morgan fingerprint density at radius 1 is 1.15 bits per heavy atom. The summed E-state index contributed by atoms with van der Waals surface area (Å²) < 4.78 is 29.6. The number of sulfonamides is 1. The van der Waals surface area contributed by atoms with Crippen LogP contribution in [0.25, 0.3) is 0 Å². The molecule has 0 amide bonds. The number of hydrogen-bond acceptors (Lipinski definition) is 4. The van der Waals surface area contributed by atoms with Gasteiger partial charge in [0.25, 0.3) is 10.0 Å². The predicted octanol–water partition coefficient (Wildman–Crippen LogP) is 2.52. The molecule has 0 atom stereocenters. The lowest BCUT2D eigenvalue weighted by Crippen LogP contribution is -2.19. The van der Waals surface area contributed by atoms with E-state index in [1.54, 1.807) is 38.1 Å². The van der Waals surface area contributed by atoms with Gasteiger partial charge in [-0.05, 0) is 50.1 Å². The van der Waals surface area contributed by atoms with Crippen LogP contribution in [-0.2, 0) is 10.0 Å². The summed E-state index contributed by atoms with van der Waals surface area (Å²) in [4.78, 5) is 2.41. The first-order chi connectivity index (χ1) is 9.38. The molecule has 1 aromatic carbocycles. The number of hydrogen-bond donors (Lipinski definition) is 1. The third kappa shape index (κ3) is 3.27. The van der Waals surface area contributed by atoms with E-state index in [0.717, 1.165) is 11.3 Å². The van der Waals surface area contributed by atoms with E-state index in [4.69, 9.17) is 4.42 Å². The van der Waals surface area contributed by atoms with Gasteiger partial charge < -0.3 is 4.42 Å². The quantitative estimate of drug-likeness (QED) is 0.695. The SMILES string of the molecule is Cc1ccc(C)c(S(=O)(=O)N/N=C/c2ccc(C)o2)c1. The van der Waals surface area contributed by atoms with Crippen molar-refractivity contribution in [1.29, 1.82) is 0 Å². The van der Waals surface area contributed by atoms with Crippen molar-refractivity contribution >= 4 is 16.2 Å². The molecule has 6 heteroatoms. The van der Waals surface area contributed by atoms with Crippen LogP contribution in [-0.4, -0.2) is 14.6 Å². The van der Waals surface area contributed by atoms with E-state index >= 15 is 0 Å². The van der Waals surface area contributed by atoms with Gasteiger partial charge in [-0.25, -0.2) is 0 Å². The summed E-state index contributed by atoms with van der Waals surface area (Å²) in [7, 11) is -3.67. The Morgan fingerprint density at radius 2 is 1.90 bits per heavy atom. The van der Waals surface area contributed by atoms with Crippen LogP contribution in [0.15, 0.2) is 44.7 Å². The van der Waals surface area contributed by atoms with Crippen LogP contribution in [0.2, 0.25) is 0 Å². The first-order valence-corrected chi connectivity index (χ1v) is 7.55. The van der Waals surface area contributed by atoms with Crippen molar-refractivity contribution in [3.63, 3.8) is 0 Å². The molecule has 2 aromatic rings. The Hall–Kier alpha value is -2.08. The molecule has 5 nitrogen and oxygen atoms in total. The van der Waals surface area contributed by atoms with Crippen LogP contribution in [0.4, 0.5) is 0 Å². The summed E-state index contributed by atoms with van der Waals surface area (Å²) in [6.45, 7) is 5.39. The first kappa shape index (κ1) is 14.3. The number of benzene rings is 1. The Balaban J connectivity index is 2.19. The standard InChI is InChI=1S/C14H16N2O3S/c1-10-4-5-11(2)14(8-10)20(17,18)16-15-9-13-7-6-12(3)19-13/h4-9,16H,1-3H3/b15-9+. The summed E-state index contributed by atoms with van der Waals surface area (Å²) in [5.74, 6) is 1.23. The highest BCUT2D eigenvalue weighted by molar-refractivity contribution is 7.89. The van der Waals surface area contributed by atoms with Crippen molar-refractivity contribution in [2.24, 2.45) is 5.10 Å². The maximum Gasteiger partial charge on any atom is 0.276 e. The van der Waals surface area contributed by atoms with Crippen molar-refractivity contribution in [3.8, 4) is 0 Å². The molecule has 0 radical (unpaired) electrons. The van der Waals surface area contributed by atoms with Gasteiger partial charge in [-0.2, -0.15) is 18.4 Å². The molecule has 0 aliphatic carbocycles. The normalized spacial score (nSPS) is 11.9. The van der Waals surface area contributed by atoms with Gasteiger partial charge in [0.2, 0.25) is 0 Å². The fraction of sp³-hybridized carbons (Fsp3) is 0.214. The van der Waals surface area contributed by atoms with Gasteiger partial charge >= 0.3 is 0 Å². The molecule has 20 heavy (non-hydrogen) atoms. The van der Waals surface area contributed by atoms with E-state index in [0.29, 0.717) is 11.3 Å². The number of aryl methyl sites for hydroxylation is 3. The van der Waals surface area contributed by atoms with Crippen LogP contribution in [0.1, 0.15) is 22.6 Å². The largest absolute Gasteiger partial charge is 0.460 e. The summed E-state index contributed by atoms with van der Waals surface area (Å²) in [6.07, 6.45) is 1.33. The number of rotatable bonds is 4. The van der Waals surface area contributed by atoms with Gasteiger partial charge in [0, 0.05) is 0 Å². The topological polar surface area (TPSA) is 71.7 Å². The van der Waals surface area contributed by atoms with E-state index in [1.165, 1.54) is 6.21 Å². The molecule has 1 heterocycles. The lowest BCUT2D eigenvalue weighted by atomic mass is 10.2. The summed E-state index contributed by atoms with van der Waals surface area (Å²) in [6, 6.07) is 8.74. The second kappa shape index (κ2) is 5.50. The van der Waals surface area contributed by atoms with E-state index in [-0.39, 0.29) is 4.90 Å². The number of nitrogens with one attached hydrogen (secondary N) is 1. The van der Waals surface area contributed by atoms with Crippen molar-refractivity contribution in [2.75, 3.05) is 0 Å². The second-order valence-corrected chi connectivity index (χ2v) is 6.20. The highest BCUT2D eigenvalue weighted by Gasteiger charge is 2.15. The molecule has 106 valence electrons. The summed E-state index contributed by atoms with van der Waals surface area (Å²) in [5, 5.41) is 3.72. The molecule has 0 bridgehead atoms. The summed E-state index contributed by atoms with van der Waals surface area (Å²) in [5.41, 5.74) is 1.55. The van der Waals surface area contributed by atoms with Crippen molar-refractivity contribution in [3.05, 3.63) is 53.0 Å². The Labute approximate surface area is 118 Å². The van der Waals surface area contributed by atoms with E-state index in [1.807, 2.05) is 13.0 Å². The molecule has 2 rings (SSSR count). The third-order valence-corrected chi connectivity index (χ3v) is 4.12. The van der Waals surface area contributed by atoms with Gasteiger partial charge in [-0.1, -0.05) is 12.1 Å².